The first kappa shape index (κ1) is 20.9. The van der Waals surface area contributed by atoms with Gasteiger partial charge in [0.15, 0.2) is 0 Å². The average molecular weight is 427 g/mol. The lowest BCUT2D eigenvalue weighted by Crippen LogP contribution is -2.45. The fraction of sp³-hybridized carbons (Fsp3) is 0.417. The second-order valence-corrected chi connectivity index (χ2v) is 9.19. The lowest BCUT2D eigenvalue weighted by atomic mass is 9.71. The van der Waals surface area contributed by atoms with Gasteiger partial charge in [-0.2, -0.15) is 5.26 Å². The molecule has 30 heavy (non-hydrogen) atoms. The molecule has 2 aromatic rings. The Hall–Kier alpha value is -2.39. The third kappa shape index (κ3) is 4.22. The number of hydrogen-bond donors (Lipinski definition) is 1. The smallest absolute Gasteiger partial charge is 0.249 e. The Morgan fingerprint density at radius 2 is 1.83 bits per heavy atom. The number of rotatable bonds is 5. The van der Waals surface area contributed by atoms with Crippen LogP contribution < -0.4 is 5.32 Å². The van der Waals surface area contributed by atoms with Crippen LogP contribution in [0.5, 0.6) is 0 Å². The molecule has 0 bridgehead atoms. The van der Waals surface area contributed by atoms with Gasteiger partial charge in [0.1, 0.15) is 5.54 Å². The maximum absolute atomic E-state index is 14.3. The molecule has 1 N–H and O–H groups in total. The first-order chi connectivity index (χ1) is 14.4. The molecule has 1 unspecified atom stereocenters. The summed E-state index contributed by atoms with van der Waals surface area (Å²) >= 11 is 1.66. The summed E-state index contributed by atoms with van der Waals surface area (Å²) in [6.45, 7) is 0. The van der Waals surface area contributed by atoms with Gasteiger partial charge in [-0.15, -0.1) is 11.8 Å². The predicted octanol–water partition coefficient (Wildman–Crippen LogP) is 5.77. The maximum atomic E-state index is 14.3. The molecule has 156 valence electrons. The summed E-state index contributed by atoms with van der Waals surface area (Å²) < 4.78 is 28.6. The maximum Gasteiger partial charge on any atom is 0.249 e. The van der Waals surface area contributed by atoms with Gasteiger partial charge < -0.3 is 5.32 Å². The second-order valence-electron chi connectivity index (χ2n) is 8.31. The van der Waals surface area contributed by atoms with Crippen LogP contribution in [0.2, 0.25) is 0 Å². The summed E-state index contributed by atoms with van der Waals surface area (Å²) in [5.41, 5.74) is 2.05. The van der Waals surface area contributed by atoms with Crippen LogP contribution in [0.15, 0.2) is 53.4 Å². The highest BCUT2D eigenvalue weighted by Crippen LogP contribution is 2.48. The molecule has 0 heterocycles. The normalized spacial score (nSPS) is 23.9. The van der Waals surface area contributed by atoms with Gasteiger partial charge in [0.25, 0.3) is 0 Å². The highest BCUT2D eigenvalue weighted by atomic mass is 32.2. The number of hydrogen-bond acceptors (Lipinski definition) is 3. The Kier molecular flexibility index (Phi) is 5.59. The van der Waals surface area contributed by atoms with Crippen LogP contribution in [-0.4, -0.2) is 23.6 Å². The molecule has 0 saturated heterocycles. The van der Waals surface area contributed by atoms with E-state index in [0.717, 1.165) is 21.6 Å². The minimum atomic E-state index is -2.86. The van der Waals surface area contributed by atoms with E-state index in [-0.39, 0.29) is 18.8 Å². The molecular weight excluding hydrogens is 402 g/mol. The van der Waals surface area contributed by atoms with Crippen molar-refractivity contribution in [1.29, 1.82) is 5.26 Å². The number of halogens is 2. The summed E-state index contributed by atoms with van der Waals surface area (Å²) in [6, 6.07) is 18.0. The predicted molar refractivity (Wildman–Crippen MR) is 114 cm³/mol. The van der Waals surface area contributed by atoms with Crippen molar-refractivity contribution in [3.05, 3.63) is 54.1 Å². The van der Waals surface area contributed by atoms with Crippen LogP contribution in [0.4, 0.5) is 8.78 Å². The Morgan fingerprint density at radius 3 is 2.47 bits per heavy atom. The van der Waals surface area contributed by atoms with Gasteiger partial charge in [-0.25, -0.2) is 8.78 Å². The number of benzene rings is 2. The van der Waals surface area contributed by atoms with Crippen molar-refractivity contribution in [1.82, 2.24) is 5.32 Å². The van der Waals surface area contributed by atoms with E-state index in [0.29, 0.717) is 12.8 Å². The lowest BCUT2D eigenvalue weighted by Gasteiger charge is -2.36. The van der Waals surface area contributed by atoms with Gasteiger partial charge in [0.05, 0.1) is 12.0 Å². The molecule has 0 aliphatic heterocycles. The summed E-state index contributed by atoms with van der Waals surface area (Å²) in [5.74, 6) is -4.45. The lowest BCUT2D eigenvalue weighted by molar-refractivity contribution is -0.134. The number of alkyl halides is 2. The number of nitrogens with zero attached hydrogens (tertiary/aromatic N) is 1. The molecule has 0 spiro atoms. The SMILES string of the molecule is CSc1ccc(-c2ccccc2[C@@H]2CCC(F)(F)CC2C(=O)NC2(C#N)CC2)cc1. The van der Waals surface area contributed by atoms with Crippen molar-refractivity contribution < 1.29 is 13.6 Å². The summed E-state index contributed by atoms with van der Waals surface area (Å²) in [5, 5.41) is 12.1. The summed E-state index contributed by atoms with van der Waals surface area (Å²) in [6.07, 6.45) is 2.71. The molecule has 4 rings (SSSR count). The number of amides is 1. The number of carbonyl (C=O) groups is 1. The standard InChI is InChI=1S/C24H24F2N2OS/c1-30-17-8-6-16(7-9-17)18-4-2-3-5-19(18)20-10-11-24(25,26)14-21(20)22(29)28-23(15-27)12-13-23/h2-9,20-21H,10-14H2,1H3,(H,28,29)/t20-,21?/m0/s1. The van der Waals surface area contributed by atoms with Crippen molar-refractivity contribution in [2.45, 2.75) is 54.4 Å². The van der Waals surface area contributed by atoms with E-state index in [9.17, 15) is 18.8 Å². The Morgan fingerprint density at radius 1 is 1.13 bits per heavy atom. The van der Waals surface area contributed by atoms with Gasteiger partial charge in [-0.05, 0) is 60.3 Å². The van der Waals surface area contributed by atoms with Crippen LogP contribution in [0.3, 0.4) is 0 Å². The number of nitrogens with one attached hydrogen (secondary N) is 1. The largest absolute Gasteiger partial charge is 0.338 e. The van der Waals surface area contributed by atoms with Gasteiger partial charge in [-0.1, -0.05) is 36.4 Å². The summed E-state index contributed by atoms with van der Waals surface area (Å²) in [7, 11) is 0. The van der Waals surface area contributed by atoms with Crippen molar-refractivity contribution >= 4 is 17.7 Å². The molecule has 2 fully saturated rings. The monoisotopic (exact) mass is 426 g/mol. The fourth-order valence-electron chi connectivity index (χ4n) is 4.35. The third-order valence-electron chi connectivity index (χ3n) is 6.25. The van der Waals surface area contributed by atoms with Crippen LogP contribution in [-0.2, 0) is 4.79 Å². The Labute approximate surface area is 179 Å². The molecule has 3 nitrogen and oxygen atoms in total. The number of thioether (sulfide) groups is 1. The zero-order valence-corrected chi connectivity index (χ0v) is 17.6. The minimum Gasteiger partial charge on any atom is -0.338 e. The van der Waals surface area contributed by atoms with Gasteiger partial charge in [-0.3, -0.25) is 4.79 Å². The first-order valence-corrected chi connectivity index (χ1v) is 11.4. The fourth-order valence-corrected chi connectivity index (χ4v) is 4.76. The molecule has 2 aromatic carbocycles. The van der Waals surface area contributed by atoms with Crippen molar-refractivity contribution in [3.63, 3.8) is 0 Å². The van der Waals surface area contributed by atoms with Crippen LogP contribution in [0.1, 0.15) is 43.6 Å². The molecule has 0 aromatic heterocycles. The van der Waals surface area contributed by atoms with Crippen LogP contribution in [0.25, 0.3) is 11.1 Å². The van der Waals surface area contributed by atoms with E-state index in [1.54, 1.807) is 11.8 Å². The van der Waals surface area contributed by atoms with E-state index in [2.05, 4.69) is 11.4 Å². The minimum absolute atomic E-state index is 0.232. The van der Waals surface area contributed by atoms with E-state index < -0.39 is 29.7 Å². The van der Waals surface area contributed by atoms with Crippen molar-refractivity contribution in [2.24, 2.45) is 5.92 Å². The van der Waals surface area contributed by atoms with Gasteiger partial charge >= 0.3 is 0 Å². The van der Waals surface area contributed by atoms with E-state index in [1.165, 1.54) is 0 Å². The second kappa shape index (κ2) is 8.03. The zero-order valence-electron chi connectivity index (χ0n) is 16.8. The van der Waals surface area contributed by atoms with Crippen molar-refractivity contribution in [2.75, 3.05) is 6.26 Å². The Balaban J connectivity index is 1.68. The topological polar surface area (TPSA) is 52.9 Å². The molecular formula is C24H24F2N2OS. The molecule has 2 atom stereocenters. The van der Waals surface area contributed by atoms with E-state index in [1.807, 2.05) is 54.8 Å². The highest BCUT2D eigenvalue weighted by Gasteiger charge is 2.50. The first-order valence-electron chi connectivity index (χ1n) is 10.2. The molecule has 1 amide bonds. The quantitative estimate of drug-likeness (QED) is 0.618. The number of carbonyl (C=O) groups excluding carboxylic acids is 1. The van der Waals surface area contributed by atoms with E-state index in [4.69, 9.17) is 0 Å². The van der Waals surface area contributed by atoms with Crippen molar-refractivity contribution in [3.8, 4) is 17.2 Å². The highest BCUT2D eigenvalue weighted by molar-refractivity contribution is 7.98. The molecule has 2 aliphatic rings. The van der Waals surface area contributed by atoms with Crippen LogP contribution >= 0.6 is 11.8 Å². The van der Waals surface area contributed by atoms with Gasteiger partial charge in [0, 0.05) is 17.7 Å². The Bertz CT molecular complexity index is 979. The van der Waals surface area contributed by atoms with Gasteiger partial charge in [0.2, 0.25) is 11.8 Å². The van der Waals surface area contributed by atoms with E-state index >= 15 is 0 Å². The molecule has 2 saturated carbocycles. The molecule has 2 aliphatic carbocycles. The summed E-state index contributed by atoms with van der Waals surface area (Å²) in [4.78, 5) is 14.2. The molecule has 6 heteroatoms. The molecule has 0 radical (unpaired) electrons. The van der Waals surface area contributed by atoms with Crippen LogP contribution in [0, 0.1) is 17.2 Å². The average Bonchev–Trinajstić information content (AvgIpc) is 3.53. The zero-order chi connectivity index (χ0) is 21.4. The third-order valence-corrected chi connectivity index (χ3v) is 6.99. The number of nitriles is 1.